The van der Waals surface area contributed by atoms with E-state index in [2.05, 4.69) is 15.1 Å². The fourth-order valence-electron chi connectivity index (χ4n) is 2.24. The summed E-state index contributed by atoms with van der Waals surface area (Å²) in [6.45, 7) is 1.30. The summed E-state index contributed by atoms with van der Waals surface area (Å²) in [6.07, 6.45) is -3.49. The van der Waals surface area contributed by atoms with Gasteiger partial charge < -0.3 is 9.15 Å². The van der Waals surface area contributed by atoms with Gasteiger partial charge in [0.2, 0.25) is 0 Å². The van der Waals surface area contributed by atoms with Gasteiger partial charge in [-0.05, 0) is 25.1 Å². The first-order valence-corrected chi connectivity index (χ1v) is 7.01. The Labute approximate surface area is 143 Å². The summed E-state index contributed by atoms with van der Waals surface area (Å²) < 4.78 is 50.3. The lowest BCUT2D eigenvalue weighted by molar-refractivity contribution is -0.386. The van der Waals surface area contributed by atoms with Gasteiger partial charge in [-0.3, -0.25) is 10.1 Å². The van der Waals surface area contributed by atoms with E-state index in [1.54, 1.807) is 0 Å². The molecular formula is C14H10F3N5O4. The molecule has 0 atom stereocenters. The molecule has 0 aliphatic rings. The van der Waals surface area contributed by atoms with Crippen molar-refractivity contribution >= 4 is 5.69 Å². The van der Waals surface area contributed by atoms with E-state index in [1.807, 2.05) is 0 Å². The van der Waals surface area contributed by atoms with Gasteiger partial charge in [0.1, 0.15) is 11.4 Å². The third-order valence-corrected chi connectivity index (χ3v) is 3.40. The van der Waals surface area contributed by atoms with Crippen LogP contribution in [0.2, 0.25) is 0 Å². The zero-order valence-electron chi connectivity index (χ0n) is 13.3. The van der Waals surface area contributed by atoms with Crippen LogP contribution in [0.5, 0.6) is 5.88 Å². The molecule has 0 saturated heterocycles. The first-order valence-electron chi connectivity index (χ1n) is 7.01. The summed E-state index contributed by atoms with van der Waals surface area (Å²) in [5.74, 6) is -0.798. The van der Waals surface area contributed by atoms with Crippen molar-refractivity contribution in [1.29, 1.82) is 0 Å². The molecule has 0 aliphatic heterocycles. The molecule has 0 amide bonds. The highest BCUT2D eigenvalue weighted by Crippen LogP contribution is 2.33. The largest absolute Gasteiger partial charge is 0.475 e. The third kappa shape index (κ3) is 2.96. The van der Waals surface area contributed by atoms with Gasteiger partial charge in [0.05, 0.1) is 18.3 Å². The molecule has 26 heavy (non-hydrogen) atoms. The Bertz CT molecular complexity index is 966. The quantitative estimate of drug-likeness (QED) is 0.513. The van der Waals surface area contributed by atoms with Gasteiger partial charge in [-0.15, -0.1) is 5.10 Å². The molecule has 3 rings (SSSR count). The third-order valence-electron chi connectivity index (χ3n) is 3.40. The molecule has 0 bridgehead atoms. The van der Waals surface area contributed by atoms with E-state index >= 15 is 0 Å². The smallest absolute Gasteiger partial charge is 0.433 e. The number of methoxy groups -OCH3 is 1. The van der Waals surface area contributed by atoms with E-state index in [1.165, 1.54) is 25.3 Å². The van der Waals surface area contributed by atoms with Crippen molar-refractivity contribution in [3.8, 4) is 23.3 Å². The second kappa shape index (κ2) is 6.13. The molecule has 0 fully saturated rings. The Morgan fingerprint density at radius 3 is 2.58 bits per heavy atom. The fourth-order valence-corrected chi connectivity index (χ4v) is 2.24. The monoisotopic (exact) mass is 369 g/mol. The Morgan fingerprint density at radius 2 is 2.08 bits per heavy atom. The minimum absolute atomic E-state index is 0.0745. The summed E-state index contributed by atoms with van der Waals surface area (Å²) >= 11 is 0. The van der Waals surface area contributed by atoms with Gasteiger partial charge >= 0.3 is 17.7 Å². The SMILES string of the molecule is COc1nn(-c2nc(-c3ccco3)cc(C(F)(F)F)n2)c(C)c1[N+](=O)[O-]. The van der Waals surface area contributed by atoms with Crippen LogP contribution in [-0.2, 0) is 6.18 Å². The zero-order chi connectivity index (χ0) is 19.1. The van der Waals surface area contributed by atoms with Crippen LogP contribution >= 0.6 is 0 Å². The molecule has 12 heteroatoms. The minimum Gasteiger partial charge on any atom is -0.475 e. The van der Waals surface area contributed by atoms with Crippen LogP contribution in [0.1, 0.15) is 11.4 Å². The van der Waals surface area contributed by atoms with Crippen LogP contribution in [0.3, 0.4) is 0 Å². The lowest BCUT2D eigenvalue weighted by Crippen LogP contribution is -2.14. The summed E-state index contributed by atoms with van der Waals surface area (Å²) in [5, 5.41) is 15.0. The van der Waals surface area contributed by atoms with Crippen LogP contribution in [0, 0.1) is 17.0 Å². The molecule has 0 unspecified atom stereocenters. The summed E-state index contributed by atoms with van der Waals surface area (Å²) in [4.78, 5) is 17.8. The van der Waals surface area contributed by atoms with Crippen LogP contribution < -0.4 is 4.74 Å². The number of aromatic nitrogens is 4. The normalized spacial score (nSPS) is 11.6. The predicted octanol–water partition coefficient (Wildman–Crippen LogP) is 3.17. The van der Waals surface area contributed by atoms with Crippen LogP contribution in [-0.4, -0.2) is 31.8 Å². The van der Waals surface area contributed by atoms with E-state index in [0.717, 1.165) is 11.8 Å². The molecule has 0 spiro atoms. The minimum atomic E-state index is -4.77. The number of furan rings is 1. The maximum Gasteiger partial charge on any atom is 0.433 e. The zero-order valence-corrected chi connectivity index (χ0v) is 13.3. The maximum absolute atomic E-state index is 13.2. The number of ether oxygens (including phenoxy) is 1. The topological polar surface area (TPSA) is 109 Å². The standard InChI is InChI=1S/C14H10F3N5O4/c1-7-11(22(23)24)12(25-2)20-21(7)13-18-8(9-4-3-5-26-9)6-10(19-13)14(15,16)17/h3-6H,1-2H3. The highest BCUT2D eigenvalue weighted by atomic mass is 19.4. The van der Waals surface area contributed by atoms with Gasteiger partial charge in [0.15, 0.2) is 11.5 Å². The number of alkyl halides is 3. The van der Waals surface area contributed by atoms with E-state index in [4.69, 9.17) is 9.15 Å². The molecule has 0 N–H and O–H groups in total. The second-order valence-electron chi connectivity index (χ2n) is 5.03. The lowest BCUT2D eigenvalue weighted by Gasteiger charge is -2.10. The molecule has 0 saturated carbocycles. The molecule has 0 aliphatic carbocycles. The van der Waals surface area contributed by atoms with Gasteiger partial charge in [-0.2, -0.15) is 17.9 Å². The highest BCUT2D eigenvalue weighted by Gasteiger charge is 2.35. The second-order valence-corrected chi connectivity index (χ2v) is 5.03. The Hall–Kier alpha value is -3.44. The lowest BCUT2D eigenvalue weighted by atomic mass is 10.2. The van der Waals surface area contributed by atoms with Gasteiger partial charge in [0.25, 0.3) is 5.95 Å². The molecule has 3 aromatic heterocycles. The van der Waals surface area contributed by atoms with E-state index in [0.29, 0.717) is 6.07 Å². The van der Waals surface area contributed by atoms with Crippen LogP contribution in [0.15, 0.2) is 28.9 Å². The van der Waals surface area contributed by atoms with Crippen molar-refractivity contribution in [1.82, 2.24) is 19.7 Å². The summed E-state index contributed by atoms with van der Waals surface area (Å²) in [5.41, 5.74) is -1.97. The fraction of sp³-hybridized carbons (Fsp3) is 0.214. The first-order chi connectivity index (χ1) is 12.2. The molecular weight excluding hydrogens is 359 g/mol. The van der Waals surface area contributed by atoms with Crippen molar-refractivity contribution in [3.63, 3.8) is 0 Å². The first kappa shape index (κ1) is 17.4. The molecule has 0 aromatic carbocycles. The predicted molar refractivity (Wildman–Crippen MR) is 79.8 cm³/mol. The summed E-state index contributed by atoms with van der Waals surface area (Å²) in [6, 6.07) is 3.62. The number of hydrogen-bond acceptors (Lipinski definition) is 7. The van der Waals surface area contributed by atoms with Crippen molar-refractivity contribution in [2.75, 3.05) is 7.11 Å². The van der Waals surface area contributed by atoms with Crippen LogP contribution in [0.25, 0.3) is 17.4 Å². The number of nitro groups is 1. The van der Waals surface area contributed by atoms with Crippen molar-refractivity contribution in [3.05, 3.63) is 46.0 Å². The average molecular weight is 369 g/mol. The Kier molecular flexibility index (Phi) is 4.10. The average Bonchev–Trinajstić information content (AvgIpc) is 3.21. The molecule has 136 valence electrons. The molecule has 0 radical (unpaired) electrons. The van der Waals surface area contributed by atoms with Gasteiger partial charge in [-0.1, -0.05) is 0 Å². The van der Waals surface area contributed by atoms with Crippen molar-refractivity contribution < 1.29 is 27.2 Å². The number of nitrogens with zero attached hydrogens (tertiary/aromatic N) is 5. The number of rotatable bonds is 4. The number of hydrogen-bond donors (Lipinski definition) is 0. The van der Waals surface area contributed by atoms with E-state index in [9.17, 15) is 23.3 Å². The Morgan fingerprint density at radius 1 is 1.35 bits per heavy atom. The van der Waals surface area contributed by atoms with Crippen LogP contribution in [0.4, 0.5) is 18.9 Å². The maximum atomic E-state index is 13.2. The number of halogens is 3. The summed E-state index contributed by atoms with van der Waals surface area (Å²) in [7, 11) is 1.15. The highest BCUT2D eigenvalue weighted by molar-refractivity contribution is 5.54. The van der Waals surface area contributed by atoms with Gasteiger partial charge in [0, 0.05) is 0 Å². The molecule has 3 heterocycles. The van der Waals surface area contributed by atoms with Crippen molar-refractivity contribution in [2.45, 2.75) is 13.1 Å². The molecule has 3 aromatic rings. The van der Waals surface area contributed by atoms with Gasteiger partial charge in [-0.25, -0.2) is 9.97 Å². The molecule has 9 nitrogen and oxygen atoms in total. The van der Waals surface area contributed by atoms with Crippen molar-refractivity contribution in [2.24, 2.45) is 0 Å². The Balaban J connectivity index is 2.25. The van der Waals surface area contributed by atoms with E-state index in [-0.39, 0.29) is 23.0 Å². The van der Waals surface area contributed by atoms with E-state index < -0.39 is 28.4 Å².